The van der Waals surface area contributed by atoms with Gasteiger partial charge in [-0.3, -0.25) is 4.79 Å². The van der Waals surface area contributed by atoms with E-state index in [2.05, 4.69) is 10.3 Å². The van der Waals surface area contributed by atoms with Gasteiger partial charge in [0.2, 0.25) is 15.9 Å². The minimum absolute atomic E-state index is 0.0794. The maximum absolute atomic E-state index is 13.8. The lowest BCUT2D eigenvalue weighted by Crippen LogP contribution is -2.43. The van der Waals surface area contributed by atoms with Crippen molar-refractivity contribution in [2.45, 2.75) is 17.7 Å². The Morgan fingerprint density at radius 3 is 2.72 bits per heavy atom. The fourth-order valence-electron chi connectivity index (χ4n) is 3.31. The van der Waals surface area contributed by atoms with Gasteiger partial charge in [0.15, 0.2) is 5.13 Å². The molecule has 2 aromatic carbocycles. The van der Waals surface area contributed by atoms with Crippen molar-refractivity contribution in [2.75, 3.05) is 18.4 Å². The van der Waals surface area contributed by atoms with E-state index in [1.165, 1.54) is 46.0 Å². The van der Waals surface area contributed by atoms with Crippen molar-refractivity contribution < 1.29 is 17.6 Å². The predicted octanol–water partition coefficient (Wildman–Crippen LogP) is 4.13. The highest BCUT2D eigenvalue weighted by molar-refractivity contribution is 7.89. The van der Waals surface area contributed by atoms with Crippen LogP contribution in [0.15, 0.2) is 47.4 Å². The number of nitrogens with one attached hydrogen (secondary N) is 1. The number of carbonyl (C=O) groups is 1. The molecule has 1 atom stereocenters. The largest absolute Gasteiger partial charge is 0.302 e. The highest BCUT2D eigenvalue weighted by Gasteiger charge is 2.33. The van der Waals surface area contributed by atoms with E-state index >= 15 is 0 Å². The van der Waals surface area contributed by atoms with E-state index in [9.17, 15) is 17.6 Å². The molecule has 3 aromatic rings. The second-order valence-corrected chi connectivity index (χ2v) is 10.2. The summed E-state index contributed by atoms with van der Waals surface area (Å²) in [5.74, 6) is -1.28. The number of benzene rings is 2. The van der Waals surface area contributed by atoms with Crippen molar-refractivity contribution in [2.24, 2.45) is 5.92 Å². The summed E-state index contributed by atoms with van der Waals surface area (Å²) in [4.78, 5) is 17.0. The minimum Gasteiger partial charge on any atom is -0.302 e. The summed E-state index contributed by atoms with van der Waals surface area (Å²) in [5, 5.41) is 3.46. The molecule has 0 radical (unpaired) electrons. The Labute approximate surface area is 176 Å². The van der Waals surface area contributed by atoms with Gasteiger partial charge in [-0.1, -0.05) is 29.0 Å². The monoisotopic (exact) mass is 453 g/mol. The molecule has 2 heterocycles. The highest BCUT2D eigenvalue weighted by atomic mass is 35.5. The fraction of sp³-hybridized carbons (Fsp3) is 0.263. The predicted molar refractivity (Wildman–Crippen MR) is 111 cm³/mol. The quantitative estimate of drug-likeness (QED) is 0.644. The molecule has 1 aliphatic heterocycles. The number of halogens is 2. The Morgan fingerprint density at radius 1 is 1.24 bits per heavy atom. The molecule has 10 heteroatoms. The molecule has 6 nitrogen and oxygen atoms in total. The lowest BCUT2D eigenvalue weighted by atomic mass is 9.99. The molecule has 1 amide bonds. The van der Waals surface area contributed by atoms with Crippen LogP contribution in [0.1, 0.15) is 12.8 Å². The molecule has 0 saturated carbocycles. The average Bonchev–Trinajstić information content (AvgIpc) is 3.12. The van der Waals surface area contributed by atoms with Crippen molar-refractivity contribution >= 4 is 54.2 Å². The summed E-state index contributed by atoms with van der Waals surface area (Å²) in [7, 11) is -3.71. The van der Waals surface area contributed by atoms with E-state index in [-0.39, 0.29) is 22.9 Å². The van der Waals surface area contributed by atoms with E-state index in [4.69, 9.17) is 11.6 Å². The van der Waals surface area contributed by atoms with Gasteiger partial charge in [-0.25, -0.2) is 17.8 Å². The highest BCUT2D eigenvalue weighted by Crippen LogP contribution is 2.29. The number of sulfonamides is 1. The molecule has 1 unspecified atom stereocenters. The second-order valence-electron chi connectivity index (χ2n) is 6.75. The van der Waals surface area contributed by atoms with Gasteiger partial charge in [0, 0.05) is 18.1 Å². The first-order valence-electron chi connectivity index (χ1n) is 8.96. The van der Waals surface area contributed by atoms with Gasteiger partial charge in [-0.05, 0) is 49.2 Å². The van der Waals surface area contributed by atoms with Gasteiger partial charge < -0.3 is 5.32 Å². The van der Waals surface area contributed by atoms with Gasteiger partial charge in [-0.15, -0.1) is 0 Å². The topological polar surface area (TPSA) is 79.4 Å². The van der Waals surface area contributed by atoms with Crippen LogP contribution in [0.25, 0.3) is 10.2 Å². The molecule has 1 aromatic heterocycles. The normalized spacial score (nSPS) is 18.1. The van der Waals surface area contributed by atoms with E-state index < -0.39 is 21.8 Å². The number of hydrogen-bond donors (Lipinski definition) is 1. The fourth-order valence-corrected chi connectivity index (χ4v) is 5.84. The van der Waals surface area contributed by atoms with Crippen molar-refractivity contribution in [3.05, 3.63) is 53.3 Å². The number of fused-ring (bicyclic) bond motifs is 1. The third kappa shape index (κ3) is 4.13. The zero-order valence-electron chi connectivity index (χ0n) is 15.1. The smallest absolute Gasteiger partial charge is 0.243 e. The van der Waals surface area contributed by atoms with Crippen LogP contribution in [0.5, 0.6) is 0 Å². The molecule has 0 bridgehead atoms. The third-order valence-corrected chi connectivity index (χ3v) is 7.87. The van der Waals surface area contributed by atoms with E-state index in [0.29, 0.717) is 34.2 Å². The van der Waals surface area contributed by atoms with Crippen molar-refractivity contribution in [3.8, 4) is 0 Å². The zero-order valence-corrected chi connectivity index (χ0v) is 17.5. The molecular formula is C19H17ClFN3O3S2. The molecule has 1 N–H and O–H groups in total. The lowest BCUT2D eigenvalue weighted by molar-refractivity contribution is -0.120. The number of nitrogens with zero attached hydrogens (tertiary/aromatic N) is 2. The summed E-state index contributed by atoms with van der Waals surface area (Å²) < 4.78 is 41.5. The number of para-hydroxylation sites is 1. The van der Waals surface area contributed by atoms with Crippen molar-refractivity contribution in [1.82, 2.24) is 9.29 Å². The van der Waals surface area contributed by atoms with Crippen LogP contribution < -0.4 is 5.32 Å². The Morgan fingerprint density at radius 2 is 2.00 bits per heavy atom. The third-order valence-electron chi connectivity index (χ3n) is 4.81. The summed E-state index contributed by atoms with van der Waals surface area (Å²) in [6.45, 7) is 0.428. The summed E-state index contributed by atoms with van der Waals surface area (Å²) in [6, 6.07) is 10.6. The Kier molecular flexibility index (Phi) is 5.56. The Hall–Kier alpha value is -2.07. The molecule has 29 heavy (non-hydrogen) atoms. The number of anilines is 1. The van der Waals surface area contributed by atoms with E-state index in [1.807, 2.05) is 0 Å². The molecule has 1 saturated heterocycles. The number of amides is 1. The molecular weight excluding hydrogens is 437 g/mol. The lowest BCUT2D eigenvalue weighted by Gasteiger charge is -2.31. The number of thiazole rings is 1. The van der Waals surface area contributed by atoms with Gasteiger partial charge in [-0.2, -0.15) is 4.31 Å². The average molecular weight is 454 g/mol. The van der Waals surface area contributed by atoms with Crippen LogP contribution in [0, 0.1) is 11.7 Å². The summed E-state index contributed by atoms with van der Waals surface area (Å²) in [5.41, 5.74) is 0.211. The van der Waals surface area contributed by atoms with E-state index in [1.54, 1.807) is 12.1 Å². The number of rotatable bonds is 4. The Balaban J connectivity index is 1.49. The molecule has 0 spiro atoms. The maximum atomic E-state index is 13.8. The van der Waals surface area contributed by atoms with Gasteiger partial charge in [0.25, 0.3) is 0 Å². The van der Waals surface area contributed by atoms with Crippen LogP contribution in [0.3, 0.4) is 0 Å². The first kappa shape index (κ1) is 20.2. The van der Waals surface area contributed by atoms with Crippen molar-refractivity contribution in [1.29, 1.82) is 0 Å². The van der Waals surface area contributed by atoms with Gasteiger partial charge >= 0.3 is 0 Å². The number of piperidine rings is 1. The summed E-state index contributed by atoms with van der Waals surface area (Å²) >= 11 is 7.02. The number of aromatic nitrogens is 1. The summed E-state index contributed by atoms with van der Waals surface area (Å²) in [6.07, 6.45) is 1.14. The minimum atomic E-state index is -3.71. The van der Waals surface area contributed by atoms with Crippen molar-refractivity contribution in [3.63, 3.8) is 0 Å². The number of carbonyl (C=O) groups excluding carboxylic acids is 1. The van der Waals surface area contributed by atoms with E-state index in [0.717, 1.165) is 0 Å². The molecule has 152 valence electrons. The van der Waals surface area contributed by atoms with Gasteiger partial charge in [0.1, 0.15) is 11.3 Å². The van der Waals surface area contributed by atoms with Crippen LogP contribution in [-0.4, -0.2) is 36.7 Å². The van der Waals surface area contributed by atoms with Crippen LogP contribution in [0.4, 0.5) is 9.52 Å². The number of hydrogen-bond acceptors (Lipinski definition) is 5. The molecule has 1 aliphatic rings. The van der Waals surface area contributed by atoms with Crippen LogP contribution in [-0.2, 0) is 14.8 Å². The maximum Gasteiger partial charge on any atom is 0.243 e. The molecule has 1 fully saturated rings. The molecule has 0 aliphatic carbocycles. The van der Waals surface area contributed by atoms with Gasteiger partial charge in [0.05, 0.1) is 15.5 Å². The standard InChI is InChI=1S/C19H17ClFN3O3S2/c20-13-6-8-14(9-7-13)29(26,27)24-10-2-3-12(11-24)18(25)23-19-22-17-15(21)4-1-5-16(17)28-19/h1,4-9,12H,2-3,10-11H2,(H,22,23,25). The van der Waals surface area contributed by atoms with Crippen LogP contribution in [0.2, 0.25) is 5.02 Å². The first-order valence-corrected chi connectivity index (χ1v) is 11.6. The first-order chi connectivity index (χ1) is 13.8. The Bertz CT molecular complexity index is 1170. The van der Waals surface area contributed by atoms with Crippen LogP contribution >= 0.6 is 22.9 Å². The SMILES string of the molecule is O=C(Nc1nc2c(F)cccc2s1)C1CCCN(S(=O)(=O)c2ccc(Cl)cc2)C1. The zero-order chi connectivity index (χ0) is 20.6. The second kappa shape index (κ2) is 7.98. The molecule has 4 rings (SSSR count).